The van der Waals surface area contributed by atoms with E-state index in [2.05, 4.69) is 154 Å². The molecule has 9 rings (SSSR count). The summed E-state index contributed by atoms with van der Waals surface area (Å²) in [4.78, 5) is 0. The Morgan fingerprint density at radius 3 is 1.91 bits per heavy atom. The third kappa shape index (κ3) is 6.22. The Morgan fingerprint density at radius 1 is 0.544 bits per heavy atom. The Bertz CT molecular complexity index is 2520. The second-order valence-corrected chi connectivity index (χ2v) is 17.2. The van der Waals surface area contributed by atoms with Crippen LogP contribution in [0, 0.1) is 0 Å². The molecular weight excluding hydrogens is 691 g/mol. The summed E-state index contributed by atoms with van der Waals surface area (Å²) >= 11 is 0. The summed E-state index contributed by atoms with van der Waals surface area (Å²) in [7, 11) is 0. The molecule has 2 nitrogen and oxygen atoms in total. The van der Waals surface area contributed by atoms with Crippen molar-refractivity contribution in [3.8, 4) is 33.4 Å². The number of hydrogen-bond donors (Lipinski definition) is 1. The molecule has 2 aliphatic rings. The molecule has 0 amide bonds. The monoisotopic (exact) mass is 749 g/mol. The summed E-state index contributed by atoms with van der Waals surface area (Å²) in [6.07, 6.45) is 16.3. The number of nitrogens with one attached hydrogen (secondary N) is 1. The van der Waals surface area contributed by atoms with Crippen molar-refractivity contribution in [1.29, 1.82) is 0 Å². The van der Waals surface area contributed by atoms with Crippen molar-refractivity contribution in [2.45, 2.75) is 122 Å². The number of benzene rings is 6. The van der Waals surface area contributed by atoms with Gasteiger partial charge in [0.25, 0.3) is 0 Å². The minimum Gasteiger partial charge on any atom is -0.455 e. The summed E-state index contributed by atoms with van der Waals surface area (Å²) in [5, 5.41) is 6.45. The van der Waals surface area contributed by atoms with Gasteiger partial charge in [-0.15, -0.1) is 0 Å². The predicted molar refractivity (Wildman–Crippen MR) is 244 cm³/mol. The third-order valence-corrected chi connectivity index (χ3v) is 13.9. The fraction of sp³-hybridized carbons (Fsp3) is 0.345. The molecule has 1 N–H and O–H groups in total. The van der Waals surface area contributed by atoms with Crippen LogP contribution in [0.25, 0.3) is 55.3 Å². The molecule has 0 aliphatic heterocycles. The molecule has 1 atom stereocenters. The van der Waals surface area contributed by atoms with E-state index in [1.807, 2.05) is 0 Å². The van der Waals surface area contributed by atoms with Crippen LogP contribution < -0.4 is 5.32 Å². The quantitative estimate of drug-likeness (QED) is 0.0995. The molecule has 0 saturated heterocycles. The van der Waals surface area contributed by atoms with Gasteiger partial charge in [-0.25, -0.2) is 0 Å². The van der Waals surface area contributed by atoms with Crippen molar-refractivity contribution in [2.75, 3.05) is 5.32 Å². The zero-order valence-electron chi connectivity index (χ0n) is 34.6. The summed E-state index contributed by atoms with van der Waals surface area (Å²) in [6.45, 7) is 9.62. The lowest BCUT2D eigenvalue weighted by atomic mass is 9.65. The highest BCUT2D eigenvalue weighted by molar-refractivity contribution is 6.20. The highest BCUT2D eigenvalue weighted by Gasteiger charge is 2.52. The van der Waals surface area contributed by atoms with Gasteiger partial charge in [0.15, 0.2) is 0 Å². The Balaban J connectivity index is 1.28. The first-order chi connectivity index (χ1) is 28.0. The van der Waals surface area contributed by atoms with E-state index in [0.717, 1.165) is 29.0 Å². The molecule has 2 aliphatic carbocycles. The molecule has 2 heteroatoms. The van der Waals surface area contributed by atoms with E-state index in [4.69, 9.17) is 4.42 Å². The highest BCUT2D eigenvalue weighted by atomic mass is 16.3. The fourth-order valence-electron chi connectivity index (χ4n) is 10.9. The van der Waals surface area contributed by atoms with Crippen molar-refractivity contribution in [2.24, 2.45) is 0 Å². The topological polar surface area (TPSA) is 25.2 Å². The predicted octanol–water partition coefficient (Wildman–Crippen LogP) is 16.7. The lowest BCUT2D eigenvalue weighted by molar-refractivity contribution is 0.391. The van der Waals surface area contributed by atoms with Crippen LogP contribution in [-0.4, -0.2) is 0 Å². The zero-order chi connectivity index (χ0) is 39.0. The first-order valence-corrected chi connectivity index (χ1v) is 22.2. The third-order valence-electron chi connectivity index (χ3n) is 13.9. The maximum absolute atomic E-state index is 7.12. The van der Waals surface area contributed by atoms with Gasteiger partial charge in [0.1, 0.15) is 11.2 Å². The van der Waals surface area contributed by atoms with Gasteiger partial charge >= 0.3 is 0 Å². The van der Waals surface area contributed by atoms with E-state index < -0.39 is 0 Å². The lowest BCUT2D eigenvalue weighted by Crippen LogP contribution is -2.31. The SMILES string of the molecule is CCCCCCCC1(CCCCCCC)c2ccccc2-c2c1c1c(c3oc4ccccc4c23)-c2ccc(Nc3ccccc3-c3ccccc3)cc2C1(C)CC. The minimum absolute atomic E-state index is 0.0464. The molecule has 1 aromatic heterocycles. The maximum atomic E-state index is 7.12. The molecule has 6 aromatic carbocycles. The first kappa shape index (κ1) is 37.5. The van der Waals surface area contributed by atoms with Gasteiger partial charge in [0, 0.05) is 44.1 Å². The Morgan fingerprint density at radius 2 is 1.18 bits per heavy atom. The molecule has 1 heterocycles. The highest BCUT2D eigenvalue weighted by Crippen LogP contribution is 2.66. The van der Waals surface area contributed by atoms with Crippen LogP contribution in [0.1, 0.15) is 133 Å². The van der Waals surface area contributed by atoms with Gasteiger partial charge in [0.2, 0.25) is 0 Å². The average Bonchev–Trinajstić information content (AvgIpc) is 3.86. The van der Waals surface area contributed by atoms with Crippen LogP contribution >= 0.6 is 0 Å². The van der Waals surface area contributed by atoms with Crippen molar-refractivity contribution in [3.05, 3.63) is 144 Å². The van der Waals surface area contributed by atoms with Crippen molar-refractivity contribution in [3.63, 3.8) is 0 Å². The van der Waals surface area contributed by atoms with Crippen molar-refractivity contribution < 1.29 is 4.42 Å². The molecule has 0 fully saturated rings. The number of para-hydroxylation sites is 2. The van der Waals surface area contributed by atoms with E-state index in [0.29, 0.717) is 0 Å². The largest absolute Gasteiger partial charge is 0.455 e. The lowest BCUT2D eigenvalue weighted by Gasteiger charge is -2.38. The van der Waals surface area contributed by atoms with Crippen LogP contribution in [0.4, 0.5) is 11.4 Å². The van der Waals surface area contributed by atoms with Crippen LogP contribution in [0.2, 0.25) is 0 Å². The second-order valence-electron chi connectivity index (χ2n) is 17.2. The van der Waals surface area contributed by atoms with Gasteiger partial charge in [-0.3, -0.25) is 0 Å². The molecule has 57 heavy (non-hydrogen) atoms. The van der Waals surface area contributed by atoms with Crippen LogP contribution in [-0.2, 0) is 10.8 Å². The number of unbranched alkanes of at least 4 members (excludes halogenated alkanes) is 8. The summed E-state index contributed by atoms with van der Waals surface area (Å²) in [5.41, 5.74) is 18.2. The Kier molecular flexibility index (Phi) is 10.3. The Hall–Kier alpha value is -5.08. The number of rotatable bonds is 16. The van der Waals surface area contributed by atoms with Crippen LogP contribution in [0.15, 0.2) is 126 Å². The normalized spacial score (nSPS) is 16.1. The van der Waals surface area contributed by atoms with Crippen molar-refractivity contribution in [1.82, 2.24) is 0 Å². The maximum Gasteiger partial charge on any atom is 0.144 e. The number of furan rings is 1. The average molecular weight is 750 g/mol. The molecular formula is C55H59NO. The molecule has 290 valence electrons. The molecule has 0 bridgehead atoms. The zero-order valence-corrected chi connectivity index (χ0v) is 34.6. The summed E-state index contributed by atoms with van der Waals surface area (Å²) in [5.74, 6) is 0. The molecule has 0 spiro atoms. The molecule has 7 aromatic rings. The van der Waals surface area contributed by atoms with Gasteiger partial charge < -0.3 is 9.73 Å². The van der Waals surface area contributed by atoms with E-state index in [1.165, 1.54) is 132 Å². The fourth-order valence-corrected chi connectivity index (χ4v) is 10.9. The molecule has 1 unspecified atom stereocenters. The van der Waals surface area contributed by atoms with E-state index >= 15 is 0 Å². The number of fused-ring (bicyclic) bond motifs is 12. The van der Waals surface area contributed by atoms with Gasteiger partial charge in [-0.05, 0) is 88.0 Å². The van der Waals surface area contributed by atoms with Crippen molar-refractivity contribution >= 4 is 33.3 Å². The molecule has 0 radical (unpaired) electrons. The van der Waals surface area contributed by atoms with E-state index in [1.54, 1.807) is 11.1 Å². The minimum atomic E-state index is -0.198. The van der Waals surface area contributed by atoms with Gasteiger partial charge in [-0.1, -0.05) is 189 Å². The van der Waals surface area contributed by atoms with E-state index in [9.17, 15) is 0 Å². The molecule has 0 saturated carbocycles. The second kappa shape index (κ2) is 15.7. The number of anilines is 2. The van der Waals surface area contributed by atoms with Crippen LogP contribution in [0.3, 0.4) is 0 Å². The van der Waals surface area contributed by atoms with Gasteiger partial charge in [0.05, 0.1) is 0 Å². The van der Waals surface area contributed by atoms with E-state index in [-0.39, 0.29) is 10.8 Å². The van der Waals surface area contributed by atoms with Crippen LogP contribution in [0.5, 0.6) is 0 Å². The standard InChI is InChI=1S/C55H59NO/c1-5-8-10-12-23-35-55(36-24-13-11-9-6-2)44-30-20-17-28-41(44)48-49-43-29-19-22-32-47(43)57-53(49)50-42-34-33-39(37-45(42)54(4,7-3)51(50)52(48)55)56-46-31-21-18-27-40(46)38-25-15-14-16-26-38/h14-22,25-34,37,56H,5-13,23-24,35-36H2,1-4H3. The smallest absolute Gasteiger partial charge is 0.144 e. The number of hydrogen-bond acceptors (Lipinski definition) is 2. The summed E-state index contributed by atoms with van der Waals surface area (Å²) in [6, 6.07) is 45.0. The van der Waals surface area contributed by atoms with Gasteiger partial charge in [-0.2, -0.15) is 0 Å². The summed E-state index contributed by atoms with van der Waals surface area (Å²) < 4.78 is 7.12. The first-order valence-electron chi connectivity index (χ1n) is 22.2. The Labute approximate surface area is 340 Å².